The summed E-state index contributed by atoms with van der Waals surface area (Å²) in [5.74, 6) is -0.166. The summed E-state index contributed by atoms with van der Waals surface area (Å²) < 4.78 is 18.9. The Morgan fingerprint density at radius 2 is 2.00 bits per heavy atom. The Morgan fingerprint density at radius 1 is 1.32 bits per heavy atom. The van der Waals surface area contributed by atoms with E-state index in [2.05, 4.69) is 0 Å². The number of carbonyl (C=O) groups excluding carboxylic acids is 1. The van der Waals surface area contributed by atoms with Gasteiger partial charge in [-0.3, -0.25) is 4.79 Å². The summed E-state index contributed by atoms with van der Waals surface area (Å²) in [7, 11) is 0. The molecule has 2 saturated heterocycles. The van der Waals surface area contributed by atoms with E-state index in [0.29, 0.717) is 0 Å². The highest BCUT2D eigenvalue weighted by atomic mass is 19.1. The molecule has 1 atom stereocenters. The zero-order valence-corrected chi connectivity index (χ0v) is 12.8. The predicted molar refractivity (Wildman–Crippen MR) is 81.8 cm³/mol. The van der Waals surface area contributed by atoms with Crippen LogP contribution >= 0.6 is 0 Å². The highest BCUT2D eigenvalue weighted by Crippen LogP contribution is 2.42. The molecule has 0 aliphatic carbocycles. The molecule has 22 heavy (non-hydrogen) atoms. The second-order valence-corrected chi connectivity index (χ2v) is 6.55. The van der Waals surface area contributed by atoms with Crippen LogP contribution in [-0.4, -0.2) is 43.2 Å². The van der Waals surface area contributed by atoms with Crippen LogP contribution in [0.2, 0.25) is 0 Å². The van der Waals surface area contributed by atoms with Crippen molar-refractivity contribution in [1.29, 1.82) is 0 Å². The van der Waals surface area contributed by atoms with E-state index in [9.17, 15) is 9.18 Å². The first-order chi connectivity index (χ1) is 10.6. The molecule has 2 fully saturated rings. The normalized spacial score (nSPS) is 23.9. The maximum absolute atomic E-state index is 12.9. The lowest BCUT2D eigenvalue weighted by atomic mass is 9.76. The van der Waals surface area contributed by atoms with Gasteiger partial charge in [-0.2, -0.15) is 0 Å². The topological polar surface area (TPSA) is 55.6 Å². The predicted octanol–water partition coefficient (Wildman–Crippen LogP) is 1.72. The van der Waals surface area contributed by atoms with E-state index < -0.39 is 0 Å². The van der Waals surface area contributed by atoms with Gasteiger partial charge in [0.05, 0.1) is 19.3 Å². The highest BCUT2D eigenvalue weighted by molar-refractivity contribution is 5.78. The summed E-state index contributed by atoms with van der Waals surface area (Å²) in [5.41, 5.74) is 6.74. The van der Waals surface area contributed by atoms with Crippen molar-refractivity contribution in [3.8, 4) is 0 Å². The van der Waals surface area contributed by atoms with Crippen molar-refractivity contribution in [2.45, 2.75) is 31.8 Å². The molecule has 2 N–H and O–H groups in total. The monoisotopic (exact) mass is 306 g/mol. The summed E-state index contributed by atoms with van der Waals surface area (Å²) in [6.45, 7) is 2.42. The molecule has 120 valence electrons. The number of likely N-dealkylation sites (tertiary alicyclic amines) is 1. The Hall–Kier alpha value is -1.46. The molecule has 5 heteroatoms. The maximum atomic E-state index is 12.9. The number of piperidine rings is 1. The number of ether oxygens (including phenoxy) is 1. The van der Waals surface area contributed by atoms with E-state index in [1.54, 1.807) is 0 Å². The van der Waals surface area contributed by atoms with E-state index in [1.807, 2.05) is 17.0 Å². The van der Waals surface area contributed by atoms with Crippen LogP contribution < -0.4 is 5.73 Å². The van der Waals surface area contributed by atoms with Gasteiger partial charge in [-0.15, -0.1) is 0 Å². The van der Waals surface area contributed by atoms with Crippen molar-refractivity contribution in [3.05, 3.63) is 35.6 Å². The number of hydrogen-bond acceptors (Lipinski definition) is 3. The number of halogens is 1. The van der Waals surface area contributed by atoms with E-state index in [-0.39, 0.29) is 29.8 Å². The third-order valence-electron chi connectivity index (χ3n) is 5.01. The summed E-state index contributed by atoms with van der Waals surface area (Å²) in [4.78, 5) is 13.5. The van der Waals surface area contributed by atoms with E-state index in [4.69, 9.17) is 10.5 Å². The lowest BCUT2D eigenvalue weighted by Crippen LogP contribution is -2.45. The van der Waals surface area contributed by atoms with Crippen molar-refractivity contribution in [1.82, 2.24) is 4.90 Å². The summed E-state index contributed by atoms with van der Waals surface area (Å²) >= 11 is 0. The molecule has 1 spiro atoms. The van der Waals surface area contributed by atoms with Gasteiger partial charge in [0.2, 0.25) is 5.91 Å². The van der Waals surface area contributed by atoms with Crippen LogP contribution in [0.1, 0.15) is 24.8 Å². The zero-order valence-electron chi connectivity index (χ0n) is 12.8. The minimum atomic E-state index is -0.204. The minimum Gasteiger partial charge on any atom is -0.377 e. The SMILES string of the molecule is NCC(=O)N1CCC2(CC1)CO[C@H](Cc1ccc(F)cc1)C2. The molecule has 0 bridgehead atoms. The molecule has 0 radical (unpaired) electrons. The first-order valence-electron chi connectivity index (χ1n) is 7.94. The Labute approximate surface area is 130 Å². The fourth-order valence-corrected chi connectivity index (χ4v) is 3.62. The first kappa shape index (κ1) is 15.4. The molecular formula is C17H23FN2O2. The van der Waals surface area contributed by atoms with Gasteiger partial charge >= 0.3 is 0 Å². The summed E-state index contributed by atoms with van der Waals surface area (Å²) in [6, 6.07) is 6.65. The van der Waals surface area contributed by atoms with Gasteiger partial charge in [0.1, 0.15) is 5.82 Å². The average Bonchev–Trinajstić information content (AvgIpc) is 2.92. The van der Waals surface area contributed by atoms with Crippen LogP contribution in [0.3, 0.4) is 0 Å². The van der Waals surface area contributed by atoms with Crippen LogP contribution in [-0.2, 0) is 16.0 Å². The van der Waals surface area contributed by atoms with Crippen molar-refractivity contribution < 1.29 is 13.9 Å². The van der Waals surface area contributed by atoms with Gasteiger partial charge in [0.15, 0.2) is 0 Å². The molecule has 0 aromatic heterocycles. The fraction of sp³-hybridized carbons (Fsp3) is 0.588. The van der Waals surface area contributed by atoms with Gasteiger partial charge < -0.3 is 15.4 Å². The molecule has 3 rings (SSSR count). The Balaban J connectivity index is 1.54. The van der Waals surface area contributed by atoms with E-state index >= 15 is 0 Å². The quantitative estimate of drug-likeness (QED) is 0.925. The minimum absolute atomic E-state index is 0.0385. The number of nitrogens with zero attached hydrogens (tertiary/aromatic N) is 1. The molecular weight excluding hydrogens is 283 g/mol. The third kappa shape index (κ3) is 3.31. The van der Waals surface area contributed by atoms with E-state index in [1.165, 1.54) is 12.1 Å². The summed E-state index contributed by atoms with van der Waals surface area (Å²) in [6.07, 6.45) is 4.02. The molecule has 2 aliphatic rings. The highest BCUT2D eigenvalue weighted by Gasteiger charge is 2.42. The van der Waals surface area contributed by atoms with Crippen molar-refractivity contribution in [2.24, 2.45) is 11.1 Å². The molecule has 2 heterocycles. The van der Waals surface area contributed by atoms with Gasteiger partial charge in [-0.25, -0.2) is 4.39 Å². The molecule has 1 amide bonds. The van der Waals surface area contributed by atoms with Gasteiger partial charge in [0, 0.05) is 13.1 Å². The molecule has 4 nitrogen and oxygen atoms in total. The van der Waals surface area contributed by atoms with Gasteiger partial charge in [-0.1, -0.05) is 12.1 Å². The van der Waals surface area contributed by atoms with Gasteiger partial charge in [-0.05, 0) is 48.8 Å². The van der Waals surface area contributed by atoms with Crippen LogP contribution in [0.15, 0.2) is 24.3 Å². The molecule has 0 unspecified atom stereocenters. The van der Waals surface area contributed by atoms with Crippen LogP contribution in [0.5, 0.6) is 0 Å². The van der Waals surface area contributed by atoms with E-state index in [0.717, 1.165) is 50.9 Å². The first-order valence-corrected chi connectivity index (χ1v) is 7.94. The van der Waals surface area contributed by atoms with Crippen LogP contribution in [0.4, 0.5) is 4.39 Å². The second-order valence-electron chi connectivity index (χ2n) is 6.55. The Kier molecular flexibility index (Phi) is 4.45. The van der Waals surface area contributed by atoms with Crippen LogP contribution in [0, 0.1) is 11.2 Å². The fourth-order valence-electron chi connectivity index (χ4n) is 3.62. The standard InChI is InChI=1S/C17H23FN2O2/c18-14-3-1-13(2-4-14)9-15-10-17(12-22-15)5-7-20(8-6-17)16(21)11-19/h1-4,15H,5-12,19H2/t15-/m1/s1. The number of nitrogens with two attached hydrogens (primary N) is 1. The van der Waals surface area contributed by atoms with Crippen molar-refractivity contribution in [2.75, 3.05) is 26.2 Å². The lowest BCUT2D eigenvalue weighted by molar-refractivity contribution is -0.132. The largest absolute Gasteiger partial charge is 0.377 e. The van der Waals surface area contributed by atoms with Crippen molar-refractivity contribution in [3.63, 3.8) is 0 Å². The number of rotatable bonds is 3. The molecule has 1 aromatic carbocycles. The smallest absolute Gasteiger partial charge is 0.236 e. The zero-order chi connectivity index (χ0) is 15.6. The second kappa shape index (κ2) is 6.34. The molecule has 1 aromatic rings. The Morgan fingerprint density at radius 3 is 2.64 bits per heavy atom. The molecule has 2 aliphatic heterocycles. The average molecular weight is 306 g/mol. The number of carbonyl (C=O) groups is 1. The molecule has 0 saturated carbocycles. The summed E-state index contributed by atoms with van der Waals surface area (Å²) in [5, 5.41) is 0. The number of hydrogen-bond donors (Lipinski definition) is 1. The third-order valence-corrected chi connectivity index (χ3v) is 5.01. The lowest BCUT2D eigenvalue weighted by Gasteiger charge is -2.38. The number of benzene rings is 1. The van der Waals surface area contributed by atoms with Gasteiger partial charge in [0.25, 0.3) is 0 Å². The maximum Gasteiger partial charge on any atom is 0.236 e. The van der Waals surface area contributed by atoms with Crippen molar-refractivity contribution >= 4 is 5.91 Å². The number of amides is 1. The Bertz CT molecular complexity index is 524. The van der Waals surface area contributed by atoms with Crippen LogP contribution in [0.25, 0.3) is 0 Å².